The molecule has 3 nitrogen and oxygen atoms in total. The Balaban J connectivity index is 2.29. The Hall–Kier alpha value is -1.19. The van der Waals surface area contributed by atoms with Gasteiger partial charge in [0.2, 0.25) is 0 Å². The van der Waals surface area contributed by atoms with Crippen molar-refractivity contribution in [2.24, 2.45) is 5.73 Å². The number of aromatic amines is 1. The van der Waals surface area contributed by atoms with Crippen LogP contribution in [0.1, 0.15) is 30.1 Å². The molecule has 1 unspecified atom stereocenters. The normalized spacial score (nSPS) is 19.4. The summed E-state index contributed by atoms with van der Waals surface area (Å²) >= 11 is 6.13. The second-order valence-corrected chi connectivity index (χ2v) is 4.96. The molecule has 1 heterocycles. The summed E-state index contributed by atoms with van der Waals surface area (Å²) < 4.78 is 5.26. The Morgan fingerprint density at radius 1 is 1.47 bits per heavy atom. The number of fused-ring (bicyclic) bond motifs is 3. The number of aromatic nitrogens is 1. The number of benzene rings is 1. The number of hydrogen-bond donors (Lipinski definition) is 2. The summed E-state index contributed by atoms with van der Waals surface area (Å²) in [7, 11) is 1.63. The number of rotatable bonds is 1. The molecule has 0 saturated carbocycles. The predicted octanol–water partition coefficient (Wildman–Crippen LogP) is 3.17. The van der Waals surface area contributed by atoms with E-state index in [2.05, 4.69) is 4.98 Å². The number of halogens is 1. The van der Waals surface area contributed by atoms with Gasteiger partial charge in [-0.2, -0.15) is 0 Å². The highest BCUT2D eigenvalue weighted by Crippen LogP contribution is 2.38. The first kappa shape index (κ1) is 10.9. The van der Waals surface area contributed by atoms with Gasteiger partial charge in [0, 0.05) is 22.6 Å². The van der Waals surface area contributed by atoms with Crippen LogP contribution in [0, 0.1) is 0 Å². The highest BCUT2D eigenvalue weighted by Gasteiger charge is 2.22. The van der Waals surface area contributed by atoms with Gasteiger partial charge in [0.05, 0.1) is 12.1 Å². The van der Waals surface area contributed by atoms with Crippen LogP contribution in [0.5, 0.6) is 5.75 Å². The zero-order valence-electron chi connectivity index (χ0n) is 9.72. The summed E-state index contributed by atoms with van der Waals surface area (Å²) in [6.45, 7) is 0. The second-order valence-electron chi connectivity index (χ2n) is 4.55. The summed E-state index contributed by atoms with van der Waals surface area (Å²) in [4.78, 5) is 3.42. The van der Waals surface area contributed by atoms with Gasteiger partial charge in [-0.15, -0.1) is 0 Å². The fraction of sp³-hybridized carbons (Fsp3) is 0.385. The van der Waals surface area contributed by atoms with Crippen LogP contribution >= 0.6 is 11.6 Å². The molecular formula is C13H15ClN2O. The number of methoxy groups -OCH3 is 1. The molecule has 0 fully saturated rings. The zero-order chi connectivity index (χ0) is 12.0. The van der Waals surface area contributed by atoms with E-state index in [1.807, 2.05) is 12.1 Å². The van der Waals surface area contributed by atoms with E-state index in [-0.39, 0.29) is 6.04 Å². The van der Waals surface area contributed by atoms with Gasteiger partial charge in [0.1, 0.15) is 5.75 Å². The lowest BCUT2D eigenvalue weighted by atomic mass is 9.91. The molecule has 1 aromatic heterocycles. The van der Waals surface area contributed by atoms with Gasteiger partial charge in [0.15, 0.2) is 0 Å². The number of ether oxygens (including phenoxy) is 1. The van der Waals surface area contributed by atoms with Crippen molar-refractivity contribution in [2.45, 2.75) is 25.3 Å². The molecule has 1 atom stereocenters. The smallest absolute Gasteiger partial charge is 0.138 e. The standard InChI is InChI=1S/C13H15ClN2O/c1-17-12-5-7-11(6-8(12)14)16-10-4-2-3-9(15)13(7)10/h5-6,9,16H,2-4,15H2,1H3. The number of nitrogens with two attached hydrogens (primary N) is 1. The van der Waals surface area contributed by atoms with Crippen LogP contribution in [0.25, 0.3) is 10.9 Å². The lowest BCUT2D eigenvalue weighted by molar-refractivity contribution is 0.415. The molecule has 1 aliphatic rings. The molecule has 0 amide bonds. The van der Waals surface area contributed by atoms with Gasteiger partial charge in [-0.1, -0.05) is 11.6 Å². The minimum atomic E-state index is 0.124. The molecule has 17 heavy (non-hydrogen) atoms. The van der Waals surface area contributed by atoms with Crippen LogP contribution in [-0.4, -0.2) is 12.1 Å². The largest absolute Gasteiger partial charge is 0.495 e. The first-order chi connectivity index (χ1) is 8.20. The van der Waals surface area contributed by atoms with Crippen molar-refractivity contribution in [2.75, 3.05) is 7.11 Å². The van der Waals surface area contributed by atoms with Gasteiger partial charge < -0.3 is 15.5 Å². The average molecular weight is 251 g/mol. The van der Waals surface area contributed by atoms with Crippen molar-refractivity contribution < 1.29 is 4.74 Å². The number of nitrogens with one attached hydrogen (secondary N) is 1. The first-order valence-electron chi connectivity index (χ1n) is 5.84. The Labute approximate surface area is 105 Å². The van der Waals surface area contributed by atoms with E-state index < -0.39 is 0 Å². The molecule has 0 aliphatic heterocycles. The van der Waals surface area contributed by atoms with Gasteiger partial charge in [-0.05, 0) is 37.0 Å². The van der Waals surface area contributed by atoms with Crippen LogP contribution in [0.3, 0.4) is 0 Å². The molecule has 0 spiro atoms. The van der Waals surface area contributed by atoms with E-state index in [4.69, 9.17) is 22.1 Å². The van der Waals surface area contributed by atoms with E-state index >= 15 is 0 Å². The van der Waals surface area contributed by atoms with Crippen molar-refractivity contribution in [1.82, 2.24) is 4.98 Å². The molecule has 90 valence electrons. The van der Waals surface area contributed by atoms with Crippen LogP contribution in [0.2, 0.25) is 5.02 Å². The van der Waals surface area contributed by atoms with E-state index in [0.717, 1.165) is 30.2 Å². The Kier molecular flexibility index (Phi) is 2.53. The average Bonchev–Trinajstić information content (AvgIpc) is 2.66. The predicted molar refractivity (Wildman–Crippen MR) is 69.7 cm³/mol. The molecular weight excluding hydrogens is 236 g/mol. The summed E-state index contributed by atoms with van der Waals surface area (Å²) in [6.07, 6.45) is 3.26. The van der Waals surface area contributed by atoms with E-state index in [0.29, 0.717) is 10.8 Å². The van der Waals surface area contributed by atoms with Gasteiger partial charge >= 0.3 is 0 Å². The topological polar surface area (TPSA) is 51.0 Å². The molecule has 3 rings (SSSR count). The monoisotopic (exact) mass is 250 g/mol. The third-order valence-corrected chi connectivity index (χ3v) is 3.80. The van der Waals surface area contributed by atoms with E-state index in [1.165, 1.54) is 11.3 Å². The van der Waals surface area contributed by atoms with Crippen LogP contribution in [0.15, 0.2) is 12.1 Å². The molecule has 2 aromatic rings. The van der Waals surface area contributed by atoms with Gasteiger partial charge in [-0.25, -0.2) is 0 Å². The van der Waals surface area contributed by atoms with Crippen molar-refractivity contribution >= 4 is 22.5 Å². The molecule has 3 N–H and O–H groups in total. The summed E-state index contributed by atoms with van der Waals surface area (Å²) in [5.74, 6) is 0.707. The van der Waals surface area contributed by atoms with Gasteiger partial charge in [0.25, 0.3) is 0 Å². The maximum absolute atomic E-state index is 6.19. The van der Waals surface area contributed by atoms with Crippen molar-refractivity contribution in [3.05, 3.63) is 28.4 Å². The first-order valence-corrected chi connectivity index (χ1v) is 6.22. The Morgan fingerprint density at radius 2 is 2.29 bits per heavy atom. The number of H-pyrrole nitrogens is 1. The summed E-state index contributed by atoms with van der Waals surface area (Å²) in [5.41, 5.74) is 9.74. The fourth-order valence-electron chi connectivity index (χ4n) is 2.69. The maximum atomic E-state index is 6.19. The summed E-state index contributed by atoms with van der Waals surface area (Å²) in [6, 6.07) is 4.03. The molecule has 1 aliphatic carbocycles. The van der Waals surface area contributed by atoms with Crippen molar-refractivity contribution in [3.63, 3.8) is 0 Å². The number of aryl methyl sites for hydroxylation is 1. The second kappa shape index (κ2) is 3.93. The third-order valence-electron chi connectivity index (χ3n) is 3.51. The maximum Gasteiger partial charge on any atom is 0.138 e. The van der Waals surface area contributed by atoms with Crippen molar-refractivity contribution in [1.29, 1.82) is 0 Å². The highest BCUT2D eigenvalue weighted by atomic mass is 35.5. The minimum absolute atomic E-state index is 0.124. The quantitative estimate of drug-likeness (QED) is 0.817. The third kappa shape index (κ3) is 1.61. The van der Waals surface area contributed by atoms with E-state index in [1.54, 1.807) is 7.11 Å². The lowest BCUT2D eigenvalue weighted by Crippen LogP contribution is -2.16. The fourth-order valence-corrected chi connectivity index (χ4v) is 2.93. The number of hydrogen-bond acceptors (Lipinski definition) is 2. The molecule has 0 bridgehead atoms. The Bertz CT molecular complexity index is 576. The summed E-state index contributed by atoms with van der Waals surface area (Å²) in [5, 5.41) is 1.78. The zero-order valence-corrected chi connectivity index (χ0v) is 10.5. The molecule has 4 heteroatoms. The molecule has 1 aromatic carbocycles. The molecule has 0 radical (unpaired) electrons. The highest BCUT2D eigenvalue weighted by molar-refractivity contribution is 6.32. The van der Waals surface area contributed by atoms with Crippen LogP contribution in [-0.2, 0) is 6.42 Å². The Morgan fingerprint density at radius 3 is 3.06 bits per heavy atom. The SMILES string of the molecule is COc1cc2c3c([nH]c2cc1Cl)CCCC3N. The minimum Gasteiger partial charge on any atom is -0.495 e. The molecule has 0 saturated heterocycles. The lowest BCUT2D eigenvalue weighted by Gasteiger charge is -2.18. The van der Waals surface area contributed by atoms with Crippen LogP contribution in [0.4, 0.5) is 0 Å². The van der Waals surface area contributed by atoms with Crippen molar-refractivity contribution in [3.8, 4) is 5.75 Å². The van der Waals surface area contributed by atoms with E-state index in [9.17, 15) is 0 Å². The van der Waals surface area contributed by atoms with Gasteiger partial charge in [-0.3, -0.25) is 0 Å². The van der Waals surface area contributed by atoms with Crippen LogP contribution < -0.4 is 10.5 Å².